The molecule has 0 aromatic heterocycles. The first-order valence-electron chi connectivity index (χ1n) is 9.03. The first kappa shape index (κ1) is 20.2. The topological polar surface area (TPSA) is 38.8 Å². The van der Waals surface area contributed by atoms with E-state index < -0.39 is 11.7 Å². The summed E-state index contributed by atoms with van der Waals surface area (Å²) in [6.07, 6.45) is -3.56. The summed E-state index contributed by atoms with van der Waals surface area (Å²) in [4.78, 5) is 13.8. The van der Waals surface area contributed by atoms with Crippen molar-refractivity contribution < 1.29 is 27.4 Å². The SMILES string of the molecule is COC(=O)[C@@H]1CCN(Cc2ccc(OCc3cccc(C(F)(F)F)c3)cc2)C1. The number of methoxy groups -OCH3 is 1. The average molecular weight is 393 g/mol. The van der Waals surface area contributed by atoms with E-state index in [9.17, 15) is 18.0 Å². The number of carbonyl (C=O) groups is 1. The normalized spacial score (nSPS) is 17.5. The summed E-state index contributed by atoms with van der Waals surface area (Å²) in [5.41, 5.74) is 0.863. The molecule has 0 aliphatic carbocycles. The molecule has 0 bridgehead atoms. The van der Waals surface area contributed by atoms with Crippen molar-refractivity contribution >= 4 is 5.97 Å². The number of esters is 1. The van der Waals surface area contributed by atoms with Crippen LogP contribution in [0.5, 0.6) is 5.75 Å². The Bertz CT molecular complexity index is 805. The highest BCUT2D eigenvalue weighted by molar-refractivity contribution is 5.72. The van der Waals surface area contributed by atoms with E-state index in [0.29, 0.717) is 17.9 Å². The molecule has 0 saturated carbocycles. The van der Waals surface area contributed by atoms with Crippen molar-refractivity contribution in [1.82, 2.24) is 4.90 Å². The summed E-state index contributed by atoms with van der Waals surface area (Å²) in [6, 6.07) is 12.6. The molecule has 0 radical (unpaired) electrons. The lowest BCUT2D eigenvalue weighted by molar-refractivity contribution is -0.145. The monoisotopic (exact) mass is 393 g/mol. The van der Waals surface area contributed by atoms with Crippen molar-refractivity contribution in [1.29, 1.82) is 0 Å². The molecule has 3 rings (SSSR count). The van der Waals surface area contributed by atoms with E-state index in [1.165, 1.54) is 13.2 Å². The molecule has 1 saturated heterocycles. The van der Waals surface area contributed by atoms with Gasteiger partial charge in [-0.05, 0) is 48.4 Å². The van der Waals surface area contributed by atoms with Crippen LogP contribution in [-0.2, 0) is 28.9 Å². The van der Waals surface area contributed by atoms with E-state index in [-0.39, 0.29) is 18.5 Å². The molecule has 1 fully saturated rings. The molecule has 0 N–H and O–H groups in total. The van der Waals surface area contributed by atoms with Crippen molar-refractivity contribution in [2.24, 2.45) is 5.92 Å². The lowest BCUT2D eigenvalue weighted by Gasteiger charge is -2.16. The Morgan fingerprint density at radius 3 is 2.57 bits per heavy atom. The number of alkyl halides is 3. The molecule has 0 unspecified atom stereocenters. The molecule has 2 aromatic rings. The molecule has 150 valence electrons. The van der Waals surface area contributed by atoms with Gasteiger partial charge in [-0.2, -0.15) is 13.2 Å². The van der Waals surface area contributed by atoms with Crippen LogP contribution in [0.2, 0.25) is 0 Å². The number of hydrogen-bond acceptors (Lipinski definition) is 4. The second kappa shape index (κ2) is 8.65. The fourth-order valence-electron chi connectivity index (χ4n) is 3.29. The van der Waals surface area contributed by atoms with Gasteiger partial charge in [0.15, 0.2) is 0 Å². The van der Waals surface area contributed by atoms with Gasteiger partial charge in [0, 0.05) is 13.1 Å². The van der Waals surface area contributed by atoms with E-state index in [4.69, 9.17) is 9.47 Å². The lowest BCUT2D eigenvalue weighted by Crippen LogP contribution is -2.23. The number of ether oxygens (including phenoxy) is 2. The van der Waals surface area contributed by atoms with Gasteiger partial charge in [0.1, 0.15) is 12.4 Å². The van der Waals surface area contributed by atoms with E-state index in [2.05, 4.69) is 4.90 Å². The Kier molecular flexibility index (Phi) is 6.24. The predicted molar refractivity (Wildman–Crippen MR) is 97.6 cm³/mol. The van der Waals surface area contributed by atoms with Crippen LogP contribution in [0.15, 0.2) is 48.5 Å². The second-order valence-electron chi connectivity index (χ2n) is 6.87. The van der Waals surface area contributed by atoms with Crippen LogP contribution in [0.1, 0.15) is 23.1 Å². The van der Waals surface area contributed by atoms with Crippen LogP contribution in [0.3, 0.4) is 0 Å². The number of halogens is 3. The predicted octanol–water partition coefficient (Wildman–Crippen LogP) is 4.28. The number of hydrogen-bond donors (Lipinski definition) is 0. The van der Waals surface area contributed by atoms with Gasteiger partial charge >= 0.3 is 12.1 Å². The molecule has 0 amide bonds. The van der Waals surface area contributed by atoms with Gasteiger partial charge in [-0.1, -0.05) is 24.3 Å². The summed E-state index contributed by atoms with van der Waals surface area (Å²) >= 11 is 0. The summed E-state index contributed by atoms with van der Waals surface area (Å²) < 4.78 is 48.7. The van der Waals surface area contributed by atoms with Crippen molar-refractivity contribution in [3.63, 3.8) is 0 Å². The van der Waals surface area contributed by atoms with E-state index in [1.807, 2.05) is 12.1 Å². The van der Waals surface area contributed by atoms with Crippen molar-refractivity contribution in [2.45, 2.75) is 25.7 Å². The zero-order valence-corrected chi connectivity index (χ0v) is 15.5. The summed E-state index contributed by atoms with van der Waals surface area (Å²) in [5, 5.41) is 0. The fraction of sp³-hybridized carbons (Fsp3) is 0.381. The molecule has 4 nitrogen and oxygen atoms in total. The molecule has 2 aromatic carbocycles. The molecular weight excluding hydrogens is 371 g/mol. The highest BCUT2D eigenvalue weighted by atomic mass is 19.4. The molecule has 0 spiro atoms. The third-order valence-corrected chi connectivity index (χ3v) is 4.80. The minimum Gasteiger partial charge on any atom is -0.489 e. The molecule has 1 heterocycles. The Morgan fingerprint density at radius 1 is 1.14 bits per heavy atom. The largest absolute Gasteiger partial charge is 0.489 e. The van der Waals surface area contributed by atoms with Gasteiger partial charge in [-0.25, -0.2) is 0 Å². The van der Waals surface area contributed by atoms with Crippen LogP contribution >= 0.6 is 0 Å². The first-order valence-corrected chi connectivity index (χ1v) is 9.03. The minimum atomic E-state index is -4.36. The smallest absolute Gasteiger partial charge is 0.416 e. The fourth-order valence-corrected chi connectivity index (χ4v) is 3.29. The van der Waals surface area contributed by atoms with Crippen LogP contribution in [0, 0.1) is 5.92 Å². The van der Waals surface area contributed by atoms with Gasteiger partial charge < -0.3 is 9.47 Å². The lowest BCUT2D eigenvalue weighted by atomic mass is 10.1. The Morgan fingerprint density at radius 2 is 1.89 bits per heavy atom. The van der Waals surface area contributed by atoms with Crippen LogP contribution in [-0.4, -0.2) is 31.1 Å². The Balaban J connectivity index is 1.52. The zero-order valence-electron chi connectivity index (χ0n) is 15.5. The van der Waals surface area contributed by atoms with Gasteiger partial charge in [0.25, 0.3) is 0 Å². The number of likely N-dealkylation sites (tertiary alicyclic amines) is 1. The summed E-state index contributed by atoms with van der Waals surface area (Å²) in [7, 11) is 1.41. The quantitative estimate of drug-likeness (QED) is 0.687. The summed E-state index contributed by atoms with van der Waals surface area (Å²) in [5.74, 6) is 0.357. The van der Waals surface area contributed by atoms with E-state index >= 15 is 0 Å². The Labute approximate surface area is 161 Å². The maximum atomic E-state index is 12.8. The van der Waals surface area contributed by atoms with Crippen LogP contribution in [0.25, 0.3) is 0 Å². The maximum Gasteiger partial charge on any atom is 0.416 e. The van der Waals surface area contributed by atoms with Crippen molar-refractivity contribution in [3.8, 4) is 5.75 Å². The standard InChI is InChI=1S/C21H22F3NO3/c1-27-20(26)17-9-10-25(13-17)12-15-5-7-19(8-6-15)28-14-16-3-2-4-18(11-16)21(22,23)24/h2-8,11,17H,9-10,12-14H2,1H3/t17-/m1/s1. The first-order chi connectivity index (χ1) is 13.3. The van der Waals surface area contributed by atoms with Crippen LogP contribution < -0.4 is 4.74 Å². The minimum absolute atomic E-state index is 0.0657. The van der Waals surface area contributed by atoms with E-state index in [1.54, 1.807) is 18.2 Å². The molecule has 7 heteroatoms. The highest BCUT2D eigenvalue weighted by Crippen LogP contribution is 2.29. The summed E-state index contributed by atoms with van der Waals surface area (Å²) in [6.45, 7) is 2.31. The maximum absolute atomic E-state index is 12.8. The molecule has 28 heavy (non-hydrogen) atoms. The second-order valence-corrected chi connectivity index (χ2v) is 6.87. The number of rotatable bonds is 6. The van der Waals surface area contributed by atoms with Gasteiger partial charge in [-0.15, -0.1) is 0 Å². The average Bonchev–Trinajstić information content (AvgIpc) is 3.15. The van der Waals surface area contributed by atoms with E-state index in [0.717, 1.165) is 37.2 Å². The number of carbonyl (C=O) groups excluding carboxylic acids is 1. The van der Waals surface area contributed by atoms with Gasteiger partial charge in [-0.3, -0.25) is 9.69 Å². The third kappa shape index (κ3) is 5.25. The molecular formula is C21H22F3NO3. The van der Waals surface area contributed by atoms with Crippen LogP contribution in [0.4, 0.5) is 13.2 Å². The third-order valence-electron chi connectivity index (χ3n) is 4.80. The molecule has 1 aliphatic rings. The molecule has 1 aliphatic heterocycles. The number of nitrogens with zero attached hydrogens (tertiary/aromatic N) is 1. The number of benzene rings is 2. The Hall–Kier alpha value is -2.54. The van der Waals surface area contributed by atoms with Gasteiger partial charge in [0.05, 0.1) is 18.6 Å². The van der Waals surface area contributed by atoms with Crippen molar-refractivity contribution in [2.75, 3.05) is 20.2 Å². The highest BCUT2D eigenvalue weighted by Gasteiger charge is 2.30. The van der Waals surface area contributed by atoms with Crippen molar-refractivity contribution in [3.05, 3.63) is 65.2 Å². The van der Waals surface area contributed by atoms with Gasteiger partial charge in [0.2, 0.25) is 0 Å². The molecule has 1 atom stereocenters. The zero-order chi connectivity index (χ0) is 20.1.